The van der Waals surface area contributed by atoms with Gasteiger partial charge in [-0.2, -0.15) is 21.6 Å². The minimum absolute atomic E-state index is 0.226. The molecule has 4 nitrogen and oxygen atoms in total. The number of thioether (sulfide) groups is 1. The Hall–Kier alpha value is -1.39. The van der Waals surface area contributed by atoms with Crippen LogP contribution in [0.5, 0.6) is 11.5 Å². The van der Waals surface area contributed by atoms with Crippen LogP contribution in [-0.2, 0) is 10.1 Å². The van der Waals surface area contributed by atoms with Crippen LogP contribution in [0.1, 0.15) is 41.5 Å². The van der Waals surface area contributed by atoms with Crippen LogP contribution in [0.25, 0.3) is 10.8 Å². The smallest absolute Gasteiger partial charge is 0.534 e. The summed E-state index contributed by atoms with van der Waals surface area (Å²) in [6.07, 6.45) is 1.76. The monoisotopic (exact) mass is 494 g/mol. The van der Waals surface area contributed by atoms with Crippen molar-refractivity contribution in [2.24, 2.45) is 0 Å². The second kappa shape index (κ2) is 9.23. The lowest BCUT2D eigenvalue weighted by Crippen LogP contribution is -2.50. The molecule has 2 rings (SSSR count). The second-order valence-corrected chi connectivity index (χ2v) is 16.1. The lowest BCUT2D eigenvalue weighted by molar-refractivity contribution is -0.0499. The van der Waals surface area contributed by atoms with Crippen molar-refractivity contribution in [3.8, 4) is 11.5 Å². The van der Waals surface area contributed by atoms with Gasteiger partial charge in [-0.25, -0.2) is 0 Å². The van der Waals surface area contributed by atoms with E-state index >= 15 is 0 Å². The molecule has 0 N–H and O–H groups in total. The standard InChI is InChI=1S/C21H29F3O4S2Si/c1-13(2)31(14(3)4,15(5)6)28-17-11-16-9-8-10-19(29-7)20(16)18(12-17)27-30(25,26)21(22,23)24/h8-15H,1-7H3. The zero-order valence-electron chi connectivity index (χ0n) is 18.7. The van der Waals surface area contributed by atoms with E-state index in [4.69, 9.17) is 4.43 Å². The number of halogens is 3. The summed E-state index contributed by atoms with van der Waals surface area (Å²) in [5.41, 5.74) is -4.85. The molecule has 0 unspecified atom stereocenters. The summed E-state index contributed by atoms with van der Waals surface area (Å²) in [4.78, 5) is 0.608. The fraction of sp³-hybridized carbons (Fsp3) is 0.524. The Morgan fingerprint density at radius 2 is 1.52 bits per heavy atom. The van der Waals surface area contributed by atoms with Crippen LogP contribution in [0.2, 0.25) is 16.6 Å². The van der Waals surface area contributed by atoms with E-state index in [-0.39, 0.29) is 22.4 Å². The highest BCUT2D eigenvalue weighted by Crippen LogP contribution is 2.45. The van der Waals surface area contributed by atoms with Crippen LogP contribution < -0.4 is 8.61 Å². The molecule has 0 aromatic heterocycles. The first-order valence-corrected chi connectivity index (χ1v) is 14.7. The molecule has 0 amide bonds. The van der Waals surface area contributed by atoms with Gasteiger partial charge in [0.25, 0.3) is 8.32 Å². The van der Waals surface area contributed by atoms with Crippen molar-refractivity contribution >= 4 is 41.0 Å². The van der Waals surface area contributed by atoms with Gasteiger partial charge in [-0.3, -0.25) is 0 Å². The van der Waals surface area contributed by atoms with Crippen molar-refractivity contribution in [2.75, 3.05) is 6.26 Å². The van der Waals surface area contributed by atoms with E-state index in [2.05, 4.69) is 45.7 Å². The molecule has 0 radical (unpaired) electrons. The number of alkyl halides is 3. The quantitative estimate of drug-likeness (QED) is 0.166. The highest BCUT2D eigenvalue weighted by atomic mass is 32.2. The predicted molar refractivity (Wildman–Crippen MR) is 123 cm³/mol. The Bertz CT molecular complexity index is 1010. The van der Waals surface area contributed by atoms with Crippen molar-refractivity contribution in [3.63, 3.8) is 0 Å². The van der Waals surface area contributed by atoms with Crippen LogP contribution in [-0.4, -0.2) is 28.5 Å². The molecule has 0 aliphatic heterocycles. The van der Waals surface area contributed by atoms with E-state index in [1.807, 2.05) is 0 Å². The summed E-state index contributed by atoms with van der Waals surface area (Å²) < 4.78 is 74.0. The van der Waals surface area contributed by atoms with Crippen LogP contribution in [0.3, 0.4) is 0 Å². The molecule has 0 saturated carbocycles. The fourth-order valence-corrected chi connectivity index (χ4v) is 10.7. The number of hydrogen-bond donors (Lipinski definition) is 0. The molecule has 0 aliphatic carbocycles. The van der Waals surface area contributed by atoms with Gasteiger partial charge in [0.1, 0.15) is 5.75 Å². The van der Waals surface area contributed by atoms with Crippen molar-refractivity contribution < 1.29 is 30.2 Å². The fourth-order valence-electron chi connectivity index (χ4n) is 4.35. The summed E-state index contributed by atoms with van der Waals surface area (Å²) in [5.74, 6) is -0.0603. The Kier molecular flexibility index (Phi) is 7.70. The maximum atomic E-state index is 13.0. The molecule has 0 aliphatic rings. The average Bonchev–Trinajstić information content (AvgIpc) is 2.63. The van der Waals surface area contributed by atoms with Gasteiger partial charge < -0.3 is 8.61 Å². The molecule has 0 atom stereocenters. The summed E-state index contributed by atoms with van der Waals surface area (Å²) in [6, 6.07) is 8.20. The van der Waals surface area contributed by atoms with Crippen molar-refractivity contribution in [1.82, 2.24) is 0 Å². The molecule has 10 heteroatoms. The third kappa shape index (κ3) is 5.01. The lowest BCUT2D eigenvalue weighted by atomic mass is 10.1. The van der Waals surface area contributed by atoms with Gasteiger partial charge >= 0.3 is 15.6 Å². The van der Waals surface area contributed by atoms with E-state index < -0.39 is 23.9 Å². The van der Waals surface area contributed by atoms with Crippen LogP contribution >= 0.6 is 11.8 Å². The largest absolute Gasteiger partial charge is 0.543 e. The second-order valence-electron chi connectivity index (χ2n) is 8.38. The summed E-state index contributed by atoms with van der Waals surface area (Å²) in [6.45, 7) is 12.5. The van der Waals surface area contributed by atoms with Gasteiger partial charge in [0, 0.05) is 16.3 Å². The molecule has 174 valence electrons. The van der Waals surface area contributed by atoms with Gasteiger partial charge in [0.05, 0.1) is 0 Å². The van der Waals surface area contributed by atoms with Gasteiger partial charge in [-0.15, -0.1) is 11.8 Å². The van der Waals surface area contributed by atoms with Crippen molar-refractivity contribution in [3.05, 3.63) is 30.3 Å². The topological polar surface area (TPSA) is 52.6 Å². The molecular weight excluding hydrogens is 465 g/mol. The third-order valence-electron chi connectivity index (χ3n) is 5.58. The number of fused-ring (bicyclic) bond motifs is 1. The average molecular weight is 495 g/mol. The van der Waals surface area contributed by atoms with Crippen molar-refractivity contribution in [2.45, 2.75) is 68.6 Å². The lowest BCUT2D eigenvalue weighted by Gasteiger charge is -2.42. The van der Waals surface area contributed by atoms with E-state index in [9.17, 15) is 21.6 Å². The zero-order chi connectivity index (χ0) is 23.8. The van der Waals surface area contributed by atoms with E-state index in [1.54, 1.807) is 30.5 Å². The maximum Gasteiger partial charge on any atom is 0.534 e. The van der Waals surface area contributed by atoms with Gasteiger partial charge in [0.2, 0.25) is 0 Å². The Morgan fingerprint density at radius 3 is 1.97 bits per heavy atom. The van der Waals surface area contributed by atoms with Crippen LogP contribution in [0, 0.1) is 0 Å². The molecule has 0 saturated heterocycles. The minimum atomic E-state index is -5.83. The Labute approximate surface area is 187 Å². The summed E-state index contributed by atoms with van der Waals surface area (Å²) >= 11 is 1.29. The highest BCUT2D eigenvalue weighted by Gasteiger charge is 2.49. The van der Waals surface area contributed by atoms with E-state index in [1.165, 1.54) is 17.8 Å². The summed E-state index contributed by atoms with van der Waals surface area (Å²) in [7, 11) is -8.26. The molecule has 0 bridgehead atoms. The number of benzene rings is 2. The molecule has 0 fully saturated rings. The SMILES string of the molecule is CSc1cccc2cc(O[Si](C(C)C)(C(C)C)C(C)C)cc(OS(=O)(=O)C(F)(F)F)c12. The molecular formula is C21H29F3O4S2Si. The third-order valence-corrected chi connectivity index (χ3v) is 13.3. The first kappa shape index (κ1) is 25.9. The zero-order valence-corrected chi connectivity index (χ0v) is 21.3. The number of hydrogen-bond acceptors (Lipinski definition) is 5. The minimum Gasteiger partial charge on any atom is -0.543 e. The first-order valence-electron chi connectivity index (χ1n) is 9.97. The Morgan fingerprint density at radius 1 is 0.968 bits per heavy atom. The maximum absolute atomic E-state index is 13.0. The van der Waals surface area contributed by atoms with Crippen molar-refractivity contribution in [1.29, 1.82) is 0 Å². The van der Waals surface area contributed by atoms with E-state index in [0.717, 1.165) is 0 Å². The Balaban J connectivity index is 2.76. The summed E-state index contributed by atoms with van der Waals surface area (Å²) in [5, 5.41) is 0.858. The molecule has 2 aromatic carbocycles. The van der Waals surface area contributed by atoms with Gasteiger partial charge in [-0.1, -0.05) is 53.7 Å². The number of rotatable bonds is 8. The normalized spacial score (nSPS) is 13.5. The predicted octanol–water partition coefficient (Wildman–Crippen LogP) is 7.34. The van der Waals surface area contributed by atoms with Crippen LogP contribution in [0.4, 0.5) is 13.2 Å². The molecule has 0 spiro atoms. The molecule has 31 heavy (non-hydrogen) atoms. The molecule has 0 heterocycles. The van der Waals surface area contributed by atoms with E-state index in [0.29, 0.717) is 21.4 Å². The highest BCUT2D eigenvalue weighted by molar-refractivity contribution is 7.98. The van der Waals surface area contributed by atoms with Gasteiger partial charge in [0.15, 0.2) is 5.75 Å². The molecule has 2 aromatic rings. The van der Waals surface area contributed by atoms with Crippen LogP contribution in [0.15, 0.2) is 35.2 Å². The van der Waals surface area contributed by atoms with Gasteiger partial charge in [-0.05, 0) is 40.4 Å². The first-order chi connectivity index (χ1) is 14.2.